The van der Waals surface area contributed by atoms with Crippen LogP contribution in [0.5, 0.6) is 0 Å². The van der Waals surface area contributed by atoms with Gasteiger partial charge in [-0.2, -0.15) is 16.7 Å². The Hall–Kier alpha value is -0.521. The number of hydrogen-bond acceptors (Lipinski definition) is 0. The molecule has 1 aliphatic rings. The molecule has 0 atom stereocenters. The fourth-order valence-corrected chi connectivity index (χ4v) is 5.76. The Morgan fingerprint density at radius 1 is 0.543 bits per heavy atom. The van der Waals surface area contributed by atoms with E-state index in [0.717, 1.165) is 0 Å². The zero-order valence-corrected chi connectivity index (χ0v) is 27.3. The van der Waals surface area contributed by atoms with Crippen molar-refractivity contribution in [1.29, 1.82) is 0 Å². The monoisotopic (exact) mass is 521 g/mol. The molecule has 1 aromatic carbocycles. The second-order valence-electron chi connectivity index (χ2n) is 13.0. The summed E-state index contributed by atoms with van der Waals surface area (Å²) in [6.45, 7) is 37.2. The third kappa shape index (κ3) is 8.23. The van der Waals surface area contributed by atoms with E-state index in [1.54, 1.807) is 45.6 Å². The minimum absolute atomic E-state index is 0. The van der Waals surface area contributed by atoms with Crippen molar-refractivity contribution in [3.05, 3.63) is 57.7 Å². The molecular formula is C34H58Mn. The maximum Gasteiger partial charge on any atom is 2.00 e. The summed E-state index contributed by atoms with van der Waals surface area (Å²) in [4.78, 5) is 0. The van der Waals surface area contributed by atoms with Crippen LogP contribution in [0.15, 0.2) is 17.7 Å². The van der Waals surface area contributed by atoms with Gasteiger partial charge in [0.25, 0.3) is 0 Å². The molecule has 1 aliphatic carbocycles. The average molecular weight is 522 g/mol. The van der Waals surface area contributed by atoms with E-state index >= 15 is 0 Å². The van der Waals surface area contributed by atoms with Crippen LogP contribution in [0.1, 0.15) is 157 Å². The van der Waals surface area contributed by atoms with Crippen LogP contribution in [0.4, 0.5) is 0 Å². The molecule has 0 spiro atoms. The molecule has 2 rings (SSSR count). The molecule has 0 heterocycles. The first kappa shape index (κ1) is 34.5. The summed E-state index contributed by atoms with van der Waals surface area (Å²) in [7, 11) is 0. The van der Waals surface area contributed by atoms with Gasteiger partial charge >= 0.3 is 17.1 Å². The molecule has 0 unspecified atom stereocenters. The molecule has 0 nitrogen and oxygen atoms in total. The van der Waals surface area contributed by atoms with Gasteiger partial charge in [-0.15, -0.1) is 5.56 Å². The largest absolute Gasteiger partial charge is 2.00 e. The summed E-state index contributed by atoms with van der Waals surface area (Å²) in [6.07, 6.45) is 2.47. The van der Waals surface area contributed by atoms with E-state index < -0.39 is 0 Å². The van der Waals surface area contributed by atoms with Gasteiger partial charge in [-0.3, -0.25) is 0 Å². The van der Waals surface area contributed by atoms with Crippen LogP contribution >= 0.6 is 0 Å². The Labute approximate surface area is 232 Å². The summed E-state index contributed by atoms with van der Waals surface area (Å²) in [6, 6.07) is 2.47. The van der Waals surface area contributed by atoms with Gasteiger partial charge in [-0.1, -0.05) is 158 Å². The molecule has 1 heteroatoms. The van der Waals surface area contributed by atoms with E-state index in [-0.39, 0.29) is 17.1 Å². The molecule has 0 fully saturated rings. The topological polar surface area (TPSA) is 0 Å². The summed E-state index contributed by atoms with van der Waals surface area (Å²) in [5.41, 5.74) is 7.98. The van der Waals surface area contributed by atoms with Gasteiger partial charge < -0.3 is 0 Å². The quantitative estimate of drug-likeness (QED) is 0.236. The van der Waals surface area contributed by atoms with Gasteiger partial charge in [0.15, 0.2) is 0 Å². The number of rotatable bonds is 8. The second-order valence-corrected chi connectivity index (χ2v) is 13.0. The van der Waals surface area contributed by atoms with Crippen LogP contribution in [0, 0.1) is 41.4 Å². The Balaban J connectivity index is 0.000000642. The average Bonchev–Trinajstić information content (AvgIpc) is 3.28. The Kier molecular flexibility index (Phi) is 14.2. The van der Waals surface area contributed by atoms with E-state index in [1.807, 2.05) is 0 Å². The second kappa shape index (κ2) is 14.4. The predicted molar refractivity (Wildman–Crippen MR) is 156 cm³/mol. The van der Waals surface area contributed by atoms with E-state index in [1.165, 1.54) is 0 Å². The molecule has 0 aromatic heterocycles. The standard InChI is InChI=1S/2C17H29.Mn/c2*1-10(2)14-9-15(11(3)4)17(13(7)8)16(14)12(5)6;/h2*9-13H,1-8H3;/q2*-1;+2. The molecule has 0 saturated carbocycles. The van der Waals surface area contributed by atoms with Crippen molar-refractivity contribution in [1.82, 2.24) is 0 Å². The summed E-state index contributed by atoms with van der Waals surface area (Å²) in [5.74, 6) is 9.92. The molecule has 35 heavy (non-hydrogen) atoms. The maximum atomic E-state index is 2.47. The molecule has 0 saturated heterocycles. The van der Waals surface area contributed by atoms with Crippen molar-refractivity contribution >= 4 is 0 Å². The fourth-order valence-electron chi connectivity index (χ4n) is 5.76. The number of hydrogen-bond donors (Lipinski definition) is 0. The molecule has 1 aromatic rings. The third-order valence-electron chi connectivity index (χ3n) is 7.24. The van der Waals surface area contributed by atoms with Crippen LogP contribution in [0.25, 0.3) is 0 Å². The van der Waals surface area contributed by atoms with Gasteiger partial charge in [0.1, 0.15) is 0 Å². The van der Waals surface area contributed by atoms with Gasteiger partial charge in [0.05, 0.1) is 0 Å². The van der Waals surface area contributed by atoms with Crippen molar-refractivity contribution in [3.8, 4) is 0 Å². The summed E-state index contributed by atoms with van der Waals surface area (Å²) in [5, 5.41) is 0. The molecule has 3 radical (unpaired) electrons. The smallest absolute Gasteiger partial charge is 0.222 e. The van der Waals surface area contributed by atoms with Crippen molar-refractivity contribution < 1.29 is 17.1 Å². The van der Waals surface area contributed by atoms with Gasteiger partial charge in [0, 0.05) is 0 Å². The molecule has 0 amide bonds. The van der Waals surface area contributed by atoms with Crippen LogP contribution in [0.3, 0.4) is 0 Å². The van der Waals surface area contributed by atoms with Crippen molar-refractivity contribution in [2.24, 2.45) is 23.7 Å². The molecule has 0 bridgehead atoms. The third-order valence-corrected chi connectivity index (χ3v) is 7.24. The number of allylic oxidation sites excluding steroid dienone is 2. The van der Waals surface area contributed by atoms with Crippen LogP contribution < -0.4 is 0 Å². The normalized spacial score (nSPS) is 15.4. The zero-order valence-electron chi connectivity index (χ0n) is 26.2. The molecular weight excluding hydrogens is 463 g/mol. The van der Waals surface area contributed by atoms with E-state index in [2.05, 4.69) is 123 Å². The van der Waals surface area contributed by atoms with Gasteiger partial charge in [-0.25, -0.2) is 23.6 Å². The predicted octanol–water partition coefficient (Wildman–Crippen LogP) is 11.2. The molecule has 0 aliphatic heterocycles. The summed E-state index contributed by atoms with van der Waals surface area (Å²) < 4.78 is 0. The Bertz CT molecular complexity index is 732. The Morgan fingerprint density at radius 2 is 1.06 bits per heavy atom. The maximum absolute atomic E-state index is 2.47. The van der Waals surface area contributed by atoms with E-state index in [0.29, 0.717) is 47.3 Å². The van der Waals surface area contributed by atoms with Crippen LogP contribution in [-0.4, -0.2) is 0 Å². The first-order chi connectivity index (χ1) is 15.5. The van der Waals surface area contributed by atoms with E-state index in [9.17, 15) is 0 Å². The molecule has 201 valence electrons. The minimum Gasteiger partial charge on any atom is -0.222 e. The fraction of sp³-hybridized carbons (Fsp3) is 0.706. The van der Waals surface area contributed by atoms with E-state index in [4.69, 9.17) is 0 Å². The zero-order chi connectivity index (χ0) is 26.7. The minimum atomic E-state index is 0. The Morgan fingerprint density at radius 3 is 1.34 bits per heavy atom. The van der Waals surface area contributed by atoms with Crippen LogP contribution in [-0.2, 0) is 17.1 Å². The summed E-state index contributed by atoms with van der Waals surface area (Å²) >= 11 is 0. The first-order valence-electron chi connectivity index (χ1n) is 14.2. The van der Waals surface area contributed by atoms with Gasteiger partial charge in [0.2, 0.25) is 0 Å². The van der Waals surface area contributed by atoms with Gasteiger partial charge in [-0.05, 0) is 11.8 Å². The van der Waals surface area contributed by atoms with Crippen molar-refractivity contribution in [2.75, 3.05) is 0 Å². The first-order valence-corrected chi connectivity index (χ1v) is 14.2. The van der Waals surface area contributed by atoms with Crippen molar-refractivity contribution in [2.45, 2.75) is 134 Å². The molecule has 0 N–H and O–H groups in total. The van der Waals surface area contributed by atoms with Crippen LogP contribution in [0.2, 0.25) is 0 Å². The van der Waals surface area contributed by atoms with Crippen molar-refractivity contribution in [3.63, 3.8) is 0 Å². The SMILES string of the molecule is CC(C)[C]1C=C(C(C)C)[C-](C(C)C)[C]1C(C)C.CC(C)c1cc(C(C)C)[c-](C(C)C)c1C(C)C.[Mn+2].